The van der Waals surface area contributed by atoms with Crippen LogP contribution in [0.25, 0.3) is 0 Å². The molecule has 8 nitrogen and oxygen atoms in total. The first-order valence-electron chi connectivity index (χ1n) is 9.73. The second-order valence-corrected chi connectivity index (χ2v) is 6.93. The molecular formula is C24H20N2O6. The summed E-state index contributed by atoms with van der Waals surface area (Å²) >= 11 is 0. The predicted molar refractivity (Wildman–Crippen MR) is 117 cm³/mol. The minimum Gasteiger partial charge on any atom is -0.493 e. The highest BCUT2D eigenvalue weighted by Gasteiger charge is 2.16. The van der Waals surface area contributed by atoms with Gasteiger partial charge in [0.1, 0.15) is 0 Å². The molecule has 0 fully saturated rings. The van der Waals surface area contributed by atoms with Gasteiger partial charge in [-0.3, -0.25) is 4.79 Å². The Bertz CT molecular complexity index is 1190. The van der Waals surface area contributed by atoms with E-state index in [-0.39, 0.29) is 12.5 Å². The summed E-state index contributed by atoms with van der Waals surface area (Å²) in [6.45, 7) is 2.08. The molecule has 1 amide bonds. The van der Waals surface area contributed by atoms with Crippen LogP contribution < -0.4 is 24.4 Å². The normalized spacial score (nSPS) is 11.9. The summed E-state index contributed by atoms with van der Waals surface area (Å²) < 4.78 is 21.3. The standard InChI is InChI=1S/C24H20N2O6/c1-15-3-6-17(7-4-15)24(28)32-20-9-5-16(11-21(20)29-2)13-25-26-23(27)18-8-10-19-22(12-18)31-14-30-19/h3-13H,14H2,1-2H3,(H,26,27)/b25-13-. The van der Waals surface area contributed by atoms with Gasteiger partial charge in [-0.25, -0.2) is 10.2 Å². The third-order valence-corrected chi connectivity index (χ3v) is 4.69. The van der Waals surface area contributed by atoms with Gasteiger partial charge in [-0.2, -0.15) is 5.10 Å². The molecule has 1 aliphatic rings. The monoisotopic (exact) mass is 432 g/mol. The fourth-order valence-electron chi connectivity index (χ4n) is 2.97. The van der Waals surface area contributed by atoms with Crippen LogP contribution in [0.15, 0.2) is 65.8 Å². The molecule has 3 aromatic rings. The Hall–Kier alpha value is -4.33. The van der Waals surface area contributed by atoms with E-state index < -0.39 is 11.9 Å². The zero-order chi connectivity index (χ0) is 22.5. The van der Waals surface area contributed by atoms with Gasteiger partial charge in [-0.05, 0) is 61.0 Å². The van der Waals surface area contributed by atoms with E-state index in [1.807, 2.05) is 19.1 Å². The molecule has 0 aliphatic carbocycles. The lowest BCUT2D eigenvalue weighted by Gasteiger charge is -2.10. The Balaban J connectivity index is 1.41. The highest BCUT2D eigenvalue weighted by Crippen LogP contribution is 2.32. The highest BCUT2D eigenvalue weighted by molar-refractivity contribution is 5.95. The first-order valence-corrected chi connectivity index (χ1v) is 9.73. The van der Waals surface area contributed by atoms with Crippen LogP contribution >= 0.6 is 0 Å². The van der Waals surface area contributed by atoms with Crippen LogP contribution in [0.2, 0.25) is 0 Å². The molecule has 0 radical (unpaired) electrons. The number of methoxy groups -OCH3 is 1. The van der Waals surface area contributed by atoms with Gasteiger partial charge < -0.3 is 18.9 Å². The number of esters is 1. The van der Waals surface area contributed by atoms with Crippen LogP contribution in [0.1, 0.15) is 31.8 Å². The average molecular weight is 432 g/mol. The molecule has 0 spiro atoms. The van der Waals surface area contributed by atoms with Crippen LogP contribution in [0.4, 0.5) is 0 Å². The fourth-order valence-corrected chi connectivity index (χ4v) is 2.97. The van der Waals surface area contributed by atoms with Crippen molar-refractivity contribution in [2.24, 2.45) is 5.10 Å². The molecule has 1 aliphatic heterocycles. The average Bonchev–Trinajstić information content (AvgIpc) is 3.28. The molecular weight excluding hydrogens is 412 g/mol. The third-order valence-electron chi connectivity index (χ3n) is 4.69. The van der Waals surface area contributed by atoms with E-state index in [2.05, 4.69) is 10.5 Å². The molecule has 0 saturated carbocycles. The summed E-state index contributed by atoms with van der Waals surface area (Å²) in [5.41, 5.74) is 4.98. The smallest absolute Gasteiger partial charge is 0.343 e. The molecule has 0 aromatic heterocycles. The number of nitrogens with zero attached hydrogens (tertiary/aromatic N) is 1. The Labute approximate surface area is 184 Å². The number of ether oxygens (including phenoxy) is 4. The number of hydrazone groups is 1. The Morgan fingerprint density at radius 1 is 0.938 bits per heavy atom. The molecule has 4 rings (SSSR count). The first-order chi connectivity index (χ1) is 15.5. The van der Waals surface area contributed by atoms with Gasteiger partial charge in [0.2, 0.25) is 6.79 Å². The number of fused-ring (bicyclic) bond motifs is 1. The predicted octanol–water partition coefficient (Wildman–Crippen LogP) is 3.72. The molecule has 1 heterocycles. The summed E-state index contributed by atoms with van der Waals surface area (Å²) in [5.74, 6) is 0.870. The molecule has 0 bridgehead atoms. The first kappa shape index (κ1) is 20.9. The molecule has 1 N–H and O–H groups in total. The lowest BCUT2D eigenvalue weighted by Crippen LogP contribution is -2.17. The van der Waals surface area contributed by atoms with Gasteiger partial charge in [0, 0.05) is 5.56 Å². The topological polar surface area (TPSA) is 95.5 Å². The zero-order valence-corrected chi connectivity index (χ0v) is 17.5. The summed E-state index contributed by atoms with van der Waals surface area (Å²) in [6, 6.07) is 16.9. The van der Waals surface area contributed by atoms with Gasteiger partial charge in [-0.15, -0.1) is 0 Å². The number of hydrogen-bond acceptors (Lipinski definition) is 7. The molecule has 162 valence electrons. The van der Waals surface area contributed by atoms with Crippen molar-refractivity contribution in [1.29, 1.82) is 0 Å². The SMILES string of the molecule is COc1cc(/C=N\NC(=O)c2ccc3c(c2)OCO3)ccc1OC(=O)c1ccc(C)cc1. The van der Waals surface area contributed by atoms with Crippen molar-refractivity contribution in [1.82, 2.24) is 5.43 Å². The second kappa shape index (κ2) is 9.22. The maximum absolute atomic E-state index is 12.4. The Morgan fingerprint density at radius 2 is 1.69 bits per heavy atom. The van der Waals surface area contributed by atoms with E-state index in [1.54, 1.807) is 48.5 Å². The number of aryl methyl sites for hydroxylation is 1. The van der Waals surface area contributed by atoms with Crippen LogP contribution in [0.5, 0.6) is 23.0 Å². The number of rotatable bonds is 6. The summed E-state index contributed by atoms with van der Waals surface area (Å²) in [6.07, 6.45) is 1.46. The molecule has 0 saturated heterocycles. The summed E-state index contributed by atoms with van der Waals surface area (Å²) in [7, 11) is 1.47. The van der Waals surface area contributed by atoms with E-state index in [1.165, 1.54) is 13.3 Å². The number of amides is 1. The van der Waals surface area contributed by atoms with Crippen molar-refractivity contribution in [3.63, 3.8) is 0 Å². The van der Waals surface area contributed by atoms with E-state index in [0.717, 1.165) is 5.56 Å². The third kappa shape index (κ3) is 4.70. The van der Waals surface area contributed by atoms with Crippen molar-refractivity contribution in [3.05, 3.63) is 82.9 Å². The molecule has 32 heavy (non-hydrogen) atoms. The number of carbonyl (C=O) groups excluding carboxylic acids is 2. The maximum Gasteiger partial charge on any atom is 0.343 e. The van der Waals surface area contributed by atoms with Gasteiger partial charge in [0.05, 0.1) is 18.9 Å². The molecule has 0 unspecified atom stereocenters. The molecule has 8 heteroatoms. The van der Waals surface area contributed by atoms with Crippen LogP contribution in [-0.2, 0) is 0 Å². The van der Waals surface area contributed by atoms with E-state index in [0.29, 0.717) is 33.9 Å². The second-order valence-electron chi connectivity index (χ2n) is 6.93. The van der Waals surface area contributed by atoms with Gasteiger partial charge >= 0.3 is 5.97 Å². The number of hydrogen-bond donors (Lipinski definition) is 1. The summed E-state index contributed by atoms with van der Waals surface area (Å²) in [4.78, 5) is 24.6. The van der Waals surface area contributed by atoms with Crippen molar-refractivity contribution < 1.29 is 28.5 Å². The van der Waals surface area contributed by atoms with Gasteiger partial charge in [0.15, 0.2) is 23.0 Å². The van der Waals surface area contributed by atoms with Crippen molar-refractivity contribution in [2.45, 2.75) is 6.92 Å². The highest BCUT2D eigenvalue weighted by atomic mass is 16.7. The van der Waals surface area contributed by atoms with Crippen LogP contribution in [0, 0.1) is 6.92 Å². The van der Waals surface area contributed by atoms with Crippen molar-refractivity contribution in [2.75, 3.05) is 13.9 Å². The van der Waals surface area contributed by atoms with Crippen LogP contribution in [-0.4, -0.2) is 32.0 Å². The molecule has 3 aromatic carbocycles. The minimum absolute atomic E-state index is 0.136. The van der Waals surface area contributed by atoms with Crippen molar-refractivity contribution >= 4 is 18.1 Å². The number of carbonyl (C=O) groups is 2. The lowest BCUT2D eigenvalue weighted by atomic mass is 10.1. The van der Waals surface area contributed by atoms with Crippen molar-refractivity contribution in [3.8, 4) is 23.0 Å². The molecule has 0 atom stereocenters. The van der Waals surface area contributed by atoms with Crippen LogP contribution in [0.3, 0.4) is 0 Å². The van der Waals surface area contributed by atoms with E-state index in [9.17, 15) is 9.59 Å². The number of nitrogens with one attached hydrogen (secondary N) is 1. The zero-order valence-electron chi connectivity index (χ0n) is 17.5. The number of benzene rings is 3. The Morgan fingerprint density at radius 3 is 2.47 bits per heavy atom. The fraction of sp³-hybridized carbons (Fsp3) is 0.125. The van der Waals surface area contributed by atoms with E-state index in [4.69, 9.17) is 18.9 Å². The largest absolute Gasteiger partial charge is 0.493 e. The summed E-state index contributed by atoms with van der Waals surface area (Å²) in [5, 5.41) is 3.97. The van der Waals surface area contributed by atoms with Gasteiger partial charge in [-0.1, -0.05) is 17.7 Å². The lowest BCUT2D eigenvalue weighted by molar-refractivity contribution is 0.0729. The maximum atomic E-state index is 12.4. The Kier molecular flexibility index (Phi) is 6.03. The van der Waals surface area contributed by atoms with E-state index >= 15 is 0 Å². The quantitative estimate of drug-likeness (QED) is 0.276. The van der Waals surface area contributed by atoms with Gasteiger partial charge in [0.25, 0.3) is 5.91 Å². The minimum atomic E-state index is -0.485.